The second-order valence-corrected chi connectivity index (χ2v) is 2.67. The fraction of sp³-hybridized carbons (Fsp3) is 0.667. The topological polar surface area (TPSA) is 28.7 Å². The van der Waals surface area contributed by atoms with Gasteiger partial charge < -0.3 is 4.98 Å². The lowest BCUT2D eigenvalue weighted by atomic mass is 10.1. The molecule has 0 fully saturated rings. The van der Waals surface area contributed by atoms with Crippen LogP contribution in [0.5, 0.6) is 0 Å². The van der Waals surface area contributed by atoms with Gasteiger partial charge in [-0.15, -0.1) is 0 Å². The zero-order valence-corrected chi connectivity index (χ0v) is 7.89. The predicted octanol–water partition coefficient (Wildman–Crippen LogP) is 2.63. The largest absolute Gasteiger partial charge is 0.348 e. The quantitative estimate of drug-likeness (QED) is 0.697. The first-order valence-electron chi connectivity index (χ1n) is 4.26. The Hall–Kier alpha value is -0.790. The van der Waals surface area contributed by atoms with Crippen LogP contribution in [0.1, 0.15) is 33.4 Å². The van der Waals surface area contributed by atoms with Crippen molar-refractivity contribution >= 4 is 0 Å². The zero-order chi connectivity index (χ0) is 8.69. The summed E-state index contributed by atoms with van der Waals surface area (Å²) < 4.78 is 0. The fourth-order valence-electron chi connectivity index (χ4n) is 0.836. The third-order valence-corrected chi connectivity index (χ3v) is 1.18. The van der Waals surface area contributed by atoms with Crippen molar-refractivity contribution < 1.29 is 0 Å². The van der Waals surface area contributed by atoms with Crippen LogP contribution in [0.4, 0.5) is 0 Å². The minimum atomic E-state index is 0.713. The molecule has 0 amide bonds. The second-order valence-electron chi connectivity index (χ2n) is 2.67. The Bertz CT molecular complexity index is 154. The molecular formula is C9H18N2. The summed E-state index contributed by atoms with van der Waals surface area (Å²) >= 11 is 0. The molecule has 64 valence electrons. The van der Waals surface area contributed by atoms with Gasteiger partial charge in [0.15, 0.2) is 0 Å². The number of nitrogens with one attached hydrogen (secondary N) is 1. The molecule has 0 saturated carbocycles. The van der Waals surface area contributed by atoms with Crippen LogP contribution < -0.4 is 0 Å². The Morgan fingerprint density at radius 1 is 1.45 bits per heavy atom. The van der Waals surface area contributed by atoms with E-state index < -0.39 is 0 Å². The zero-order valence-electron chi connectivity index (χ0n) is 7.89. The smallest absolute Gasteiger partial charge is 0.0921 e. The van der Waals surface area contributed by atoms with Crippen molar-refractivity contribution in [2.45, 2.75) is 34.1 Å². The standard InChI is InChI=1S/C7H12N2.C2H6/c1-6(2)3-7-4-8-5-9-7;1-2/h4-6H,3H2,1-2H3,(H,8,9);1-2H3. The number of nitrogens with zero attached hydrogens (tertiary/aromatic N) is 1. The molecular weight excluding hydrogens is 136 g/mol. The van der Waals surface area contributed by atoms with E-state index in [4.69, 9.17) is 0 Å². The number of imidazole rings is 1. The van der Waals surface area contributed by atoms with Crippen LogP contribution in [0, 0.1) is 5.92 Å². The number of rotatable bonds is 2. The SMILES string of the molecule is CC.CC(C)Cc1cnc[nH]1. The lowest BCUT2D eigenvalue weighted by molar-refractivity contribution is 0.637. The lowest BCUT2D eigenvalue weighted by Gasteiger charge is -1.98. The molecule has 1 aromatic rings. The van der Waals surface area contributed by atoms with Gasteiger partial charge in [-0.2, -0.15) is 0 Å². The molecule has 0 saturated heterocycles. The van der Waals surface area contributed by atoms with Crippen LogP contribution in [0.25, 0.3) is 0 Å². The van der Waals surface area contributed by atoms with Crippen molar-refractivity contribution in [2.24, 2.45) is 5.92 Å². The number of H-pyrrole nitrogens is 1. The number of hydrogen-bond acceptors (Lipinski definition) is 1. The molecule has 0 aliphatic carbocycles. The van der Waals surface area contributed by atoms with Crippen molar-refractivity contribution in [1.82, 2.24) is 9.97 Å². The molecule has 0 bridgehead atoms. The first-order valence-corrected chi connectivity index (χ1v) is 4.26. The van der Waals surface area contributed by atoms with Gasteiger partial charge in [0.2, 0.25) is 0 Å². The molecule has 0 spiro atoms. The summed E-state index contributed by atoms with van der Waals surface area (Å²) in [7, 11) is 0. The lowest BCUT2D eigenvalue weighted by Crippen LogP contribution is -1.92. The summed E-state index contributed by atoms with van der Waals surface area (Å²) in [5, 5.41) is 0. The fourth-order valence-corrected chi connectivity index (χ4v) is 0.836. The molecule has 2 nitrogen and oxygen atoms in total. The first kappa shape index (κ1) is 10.2. The van der Waals surface area contributed by atoms with Gasteiger partial charge in [-0.25, -0.2) is 4.98 Å². The van der Waals surface area contributed by atoms with Crippen LogP contribution in [-0.2, 0) is 6.42 Å². The molecule has 1 rings (SSSR count). The van der Waals surface area contributed by atoms with Gasteiger partial charge in [0.25, 0.3) is 0 Å². The summed E-state index contributed by atoms with van der Waals surface area (Å²) in [5.74, 6) is 0.713. The average Bonchev–Trinajstić information content (AvgIpc) is 2.43. The predicted molar refractivity (Wildman–Crippen MR) is 48.5 cm³/mol. The van der Waals surface area contributed by atoms with E-state index in [1.807, 2.05) is 20.0 Å². The van der Waals surface area contributed by atoms with Gasteiger partial charge in [-0.1, -0.05) is 27.7 Å². The van der Waals surface area contributed by atoms with Gasteiger partial charge in [0.1, 0.15) is 0 Å². The Labute approximate surface area is 69.1 Å². The van der Waals surface area contributed by atoms with E-state index in [2.05, 4.69) is 23.8 Å². The van der Waals surface area contributed by atoms with Gasteiger partial charge in [0, 0.05) is 11.9 Å². The van der Waals surface area contributed by atoms with E-state index in [1.165, 1.54) is 5.69 Å². The molecule has 1 heterocycles. The van der Waals surface area contributed by atoms with Crippen molar-refractivity contribution in [1.29, 1.82) is 0 Å². The van der Waals surface area contributed by atoms with Gasteiger partial charge in [-0.05, 0) is 12.3 Å². The maximum Gasteiger partial charge on any atom is 0.0921 e. The van der Waals surface area contributed by atoms with Crippen LogP contribution in [0.2, 0.25) is 0 Å². The van der Waals surface area contributed by atoms with E-state index >= 15 is 0 Å². The maximum absolute atomic E-state index is 3.92. The highest BCUT2D eigenvalue weighted by Crippen LogP contribution is 2.01. The van der Waals surface area contributed by atoms with Crippen LogP contribution in [0.15, 0.2) is 12.5 Å². The Balaban J connectivity index is 0.000000461. The number of hydrogen-bond donors (Lipinski definition) is 1. The van der Waals surface area contributed by atoms with Crippen molar-refractivity contribution in [3.63, 3.8) is 0 Å². The molecule has 0 atom stereocenters. The summed E-state index contributed by atoms with van der Waals surface area (Å²) in [6.07, 6.45) is 4.69. The average molecular weight is 154 g/mol. The normalized spacial score (nSPS) is 9.18. The molecule has 0 unspecified atom stereocenters. The monoisotopic (exact) mass is 154 g/mol. The highest BCUT2D eigenvalue weighted by Gasteiger charge is 1.95. The third-order valence-electron chi connectivity index (χ3n) is 1.18. The maximum atomic E-state index is 3.92. The Morgan fingerprint density at radius 3 is 2.45 bits per heavy atom. The number of aromatic amines is 1. The van der Waals surface area contributed by atoms with Crippen molar-refractivity contribution in [3.8, 4) is 0 Å². The molecule has 0 aliphatic rings. The summed E-state index contributed by atoms with van der Waals surface area (Å²) in [6, 6.07) is 0. The minimum Gasteiger partial charge on any atom is -0.348 e. The molecule has 0 aromatic carbocycles. The molecule has 2 heteroatoms. The van der Waals surface area contributed by atoms with E-state index in [1.54, 1.807) is 6.33 Å². The van der Waals surface area contributed by atoms with E-state index in [-0.39, 0.29) is 0 Å². The van der Waals surface area contributed by atoms with Crippen molar-refractivity contribution in [2.75, 3.05) is 0 Å². The van der Waals surface area contributed by atoms with Crippen LogP contribution in [0.3, 0.4) is 0 Å². The summed E-state index contributed by atoms with van der Waals surface area (Å²) in [5.41, 5.74) is 1.23. The Morgan fingerprint density at radius 2 is 2.09 bits per heavy atom. The third kappa shape index (κ3) is 4.59. The molecule has 0 radical (unpaired) electrons. The Kier molecular flexibility index (Phi) is 5.53. The summed E-state index contributed by atoms with van der Waals surface area (Å²) in [6.45, 7) is 8.39. The van der Waals surface area contributed by atoms with E-state index in [9.17, 15) is 0 Å². The molecule has 1 aromatic heterocycles. The van der Waals surface area contributed by atoms with Gasteiger partial charge in [0.05, 0.1) is 6.33 Å². The highest BCUT2D eigenvalue weighted by atomic mass is 14.9. The minimum absolute atomic E-state index is 0.713. The van der Waals surface area contributed by atoms with Gasteiger partial charge in [-0.3, -0.25) is 0 Å². The summed E-state index contributed by atoms with van der Waals surface area (Å²) in [4.78, 5) is 6.98. The van der Waals surface area contributed by atoms with E-state index in [0.717, 1.165) is 6.42 Å². The highest BCUT2D eigenvalue weighted by molar-refractivity contribution is 4.94. The van der Waals surface area contributed by atoms with Crippen LogP contribution >= 0.6 is 0 Å². The molecule has 1 N–H and O–H groups in total. The van der Waals surface area contributed by atoms with E-state index in [0.29, 0.717) is 5.92 Å². The second kappa shape index (κ2) is 5.96. The first-order chi connectivity index (χ1) is 5.29. The molecule has 0 aliphatic heterocycles. The van der Waals surface area contributed by atoms with Crippen LogP contribution in [-0.4, -0.2) is 9.97 Å². The number of aromatic nitrogens is 2. The van der Waals surface area contributed by atoms with Gasteiger partial charge >= 0.3 is 0 Å². The molecule has 11 heavy (non-hydrogen) atoms. The van der Waals surface area contributed by atoms with Crippen molar-refractivity contribution in [3.05, 3.63) is 18.2 Å².